The van der Waals surface area contributed by atoms with E-state index in [2.05, 4.69) is 6.92 Å². The molecular weight excluding hydrogens is 628 g/mol. The molecule has 0 saturated carbocycles. The number of esters is 1. The largest absolute Gasteiger partial charge is 0.504 e. The summed E-state index contributed by atoms with van der Waals surface area (Å²) in [4.78, 5) is 23.8. The van der Waals surface area contributed by atoms with E-state index in [4.69, 9.17) is 18.6 Å². The third-order valence-electron chi connectivity index (χ3n) is 9.51. The van der Waals surface area contributed by atoms with E-state index in [1.54, 1.807) is 0 Å². The molecule has 2 heterocycles. The second-order valence-corrected chi connectivity index (χ2v) is 13.7. The quantitative estimate of drug-likeness (QED) is 0.0436. The van der Waals surface area contributed by atoms with Crippen LogP contribution in [0.5, 0.6) is 11.5 Å². The van der Waals surface area contributed by atoms with Crippen molar-refractivity contribution in [2.75, 3.05) is 6.61 Å². The molecule has 0 radical (unpaired) electrons. The highest BCUT2D eigenvalue weighted by Crippen LogP contribution is 2.34. The van der Waals surface area contributed by atoms with Gasteiger partial charge in [0.15, 0.2) is 11.5 Å². The van der Waals surface area contributed by atoms with Crippen molar-refractivity contribution in [1.29, 1.82) is 0 Å². The normalized spacial score (nSPS) is 20.9. The van der Waals surface area contributed by atoms with Crippen molar-refractivity contribution in [1.82, 2.24) is 0 Å². The van der Waals surface area contributed by atoms with Crippen LogP contribution < -0.4 is 10.4 Å². The lowest BCUT2D eigenvalue weighted by atomic mass is 9.99. The predicted octanol–water partition coefficient (Wildman–Crippen LogP) is 7.83. The Morgan fingerprint density at radius 2 is 1.20 bits per heavy atom. The van der Waals surface area contributed by atoms with Crippen LogP contribution in [-0.2, 0) is 14.3 Å². The first-order valence-electron chi connectivity index (χ1n) is 19.1. The SMILES string of the molecule is CCCCCCCCCCCCCCCCCCCCCCCC(=O)OC[C@H]1O[C@H](Oc2cc3ccc(=O)oc3cc2O)[C@H](O)[C@@H](O)[C@@H]1O. The zero-order valence-electron chi connectivity index (χ0n) is 29.7. The number of carbonyl (C=O) groups is 1. The van der Waals surface area contributed by atoms with Crippen LogP contribution in [0, 0.1) is 0 Å². The van der Waals surface area contributed by atoms with Crippen LogP contribution in [0.2, 0.25) is 0 Å². The van der Waals surface area contributed by atoms with Crippen molar-refractivity contribution >= 4 is 16.9 Å². The molecule has 49 heavy (non-hydrogen) atoms. The van der Waals surface area contributed by atoms with Gasteiger partial charge in [0, 0.05) is 23.9 Å². The van der Waals surface area contributed by atoms with Crippen molar-refractivity contribution in [3.8, 4) is 11.5 Å². The molecule has 0 spiro atoms. The Morgan fingerprint density at radius 1 is 0.694 bits per heavy atom. The van der Waals surface area contributed by atoms with Gasteiger partial charge in [0.05, 0.1) is 0 Å². The molecule has 0 unspecified atom stereocenters. The zero-order chi connectivity index (χ0) is 35.3. The minimum atomic E-state index is -1.65. The molecule has 278 valence electrons. The smallest absolute Gasteiger partial charge is 0.336 e. The first-order valence-corrected chi connectivity index (χ1v) is 19.1. The number of ether oxygens (including phenoxy) is 3. The number of aliphatic hydroxyl groups excluding tert-OH is 3. The van der Waals surface area contributed by atoms with Gasteiger partial charge in [0.2, 0.25) is 6.29 Å². The summed E-state index contributed by atoms with van der Waals surface area (Å²) < 4.78 is 21.6. The molecule has 4 N–H and O–H groups in total. The molecule has 10 heteroatoms. The Morgan fingerprint density at radius 3 is 1.73 bits per heavy atom. The van der Waals surface area contributed by atoms with Crippen molar-refractivity contribution in [3.63, 3.8) is 0 Å². The summed E-state index contributed by atoms with van der Waals surface area (Å²) in [6.45, 7) is 1.94. The van der Waals surface area contributed by atoms with Crippen molar-refractivity contribution in [2.45, 2.75) is 179 Å². The molecule has 5 atom stereocenters. The molecule has 0 aliphatic carbocycles. The molecule has 1 aromatic heterocycles. The van der Waals surface area contributed by atoms with E-state index in [1.165, 1.54) is 140 Å². The summed E-state index contributed by atoms with van der Waals surface area (Å²) in [5.41, 5.74) is -0.444. The molecule has 1 aliphatic rings. The van der Waals surface area contributed by atoms with Gasteiger partial charge < -0.3 is 39.1 Å². The number of aromatic hydroxyl groups is 1. The predicted molar refractivity (Wildman–Crippen MR) is 190 cm³/mol. The number of carbonyl (C=O) groups excluding carboxylic acids is 1. The number of unbranched alkanes of at least 4 members (excludes halogenated alkanes) is 20. The third kappa shape index (κ3) is 15.4. The molecule has 0 amide bonds. The highest BCUT2D eigenvalue weighted by molar-refractivity contribution is 5.80. The van der Waals surface area contributed by atoms with Crippen LogP contribution >= 0.6 is 0 Å². The lowest BCUT2D eigenvalue weighted by Crippen LogP contribution is -2.60. The van der Waals surface area contributed by atoms with E-state index >= 15 is 0 Å². The van der Waals surface area contributed by atoms with Gasteiger partial charge in [-0.1, -0.05) is 135 Å². The summed E-state index contributed by atoms with van der Waals surface area (Å²) in [5.74, 6) is -0.911. The number of hydrogen-bond acceptors (Lipinski definition) is 10. The Labute approximate surface area is 292 Å². The van der Waals surface area contributed by atoms with Gasteiger partial charge in [-0.2, -0.15) is 0 Å². The van der Waals surface area contributed by atoms with Crippen LogP contribution in [0.3, 0.4) is 0 Å². The van der Waals surface area contributed by atoms with Gasteiger partial charge in [0.1, 0.15) is 36.6 Å². The Balaban J connectivity index is 1.18. The Bertz CT molecular complexity index is 1250. The Kier molecular flexibility index (Phi) is 19.7. The molecule has 10 nitrogen and oxygen atoms in total. The minimum Gasteiger partial charge on any atom is -0.504 e. The monoisotopic (exact) mass is 690 g/mol. The first kappa shape index (κ1) is 40.8. The van der Waals surface area contributed by atoms with Crippen LogP contribution in [0.25, 0.3) is 11.0 Å². The number of hydrogen-bond donors (Lipinski definition) is 4. The molecule has 1 aromatic carbocycles. The summed E-state index contributed by atoms with van der Waals surface area (Å²) >= 11 is 0. The zero-order valence-corrected chi connectivity index (χ0v) is 29.7. The van der Waals surface area contributed by atoms with Gasteiger partial charge in [-0.05, 0) is 18.6 Å². The van der Waals surface area contributed by atoms with Gasteiger partial charge in [-0.15, -0.1) is 0 Å². The summed E-state index contributed by atoms with van der Waals surface area (Å²) in [6, 6.07) is 5.26. The maximum atomic E-state index is 12.3. The third-order valence-corrected chi connectivity index (χ3v) is 9.51. The number of fused-ring (bicyclic) bond motifs is 1. The van der Waals surface area contributed by atoms with Crippen LogP contribution in [0.1, 0.15) is 148 Å². The van der Waals surface area contributed by atoms with Gasteiger partial charge >= 0.3 is 11.6 Å². The average Bonchev–Trinajstić information content (AvgIpc) is 3.09. The van der Waals surface area contributed by atoms with E-state index in [0.29, 0.717) is 11.8 Å². The summed E-state index contributed by atoms with van der Waals surface area (Å²) in [6.07, 6.45) is 20.0. The average molecular weight is 691 g/mol. The molecule has 3 rings (SSSR count). The maximum Gasteiger partial charge on any atom is 0.336 e. The first-order chi connectivity index (χ1) is 23.8. The fourth-order valence-electron chi connectivity index (χ4n) is 6.40. The van der Waals surface area contributed by atoms with Crippen LogP contribution in [-0.4, -0.2) is 63.7 Å². The lowest BCUT2D eigenvalue weighted by molar-refractivity contribution is -0.278. The van der Waals surface area contributed by atoms with Crippen molar-refractivity contribution in [2.24, 2.45) is 0 Å². The second-order valence-electron chi connectivity index (χ2n) is 13.7. The van der Waals surface area contributed by atoms with Crippen LogP contribution in [0.4, 0.5) is 0 Å². The molecular formula is C39H62O10. The van der Waals surface area contributed by atoms with E-state index in [9.17, 15) is 30.0 Å². The topological polar surface area (TPSA) is 156 Å². The standard InChI is InChI=1S/C39H62O10/c1-2-3-4-5-6-7-8-9-10-11-12-13-14-15-16-17-18-19-20-21-22-23-34(41)46-28-33-36(43)37(44)38(45)39(49-33)48-32-26-29-24-25-35(42)47-31(29)27-30(32)40/h24-27,33,36-40,43-45H,2-23,28H2,1H3/t33-,36-,37+,38-,39+/m1/s1. The molecule has 1 fully saturated rings. The van der Waals surface area contributed by atoms with Gasteiger partial charge in [0.25, 0.3) is 0 Å². The molecule has 1 saturated heterocycles. The minimum absolute atomic E-state index is 0.0976. The summed E-state index contributed by atoms with van der Waals surface area (Å²) in [7, 11) is 0. The molecule has 1 aliphatic heterocycles. The van der Waals surface area contributed by atoms with E-state index in [1.807, 2.05) is 0 Å². The van der Waals surface area contributed by atoms with Crippen molar-refractivity contribution in [3.05, 3.63) is 34.7 Å². The Hall–Kier alpha value is -2.66. The number of rotatable bonds is 26. The fourth-order valence-corrected chi connectivity index (χ4v) is 6.40. The number of aliphatic hydroxyl groups is 3. The van der Waals surface area contributed by atoms with Crippen LogP contribution in [0.15, 0.2) is 33.5 Å². The fraction of sp³-hybridized carbons (Fsp3) is 0.744. The highest BCUT2D eigenvalue weighted by atomic mass is 16.7. The number of phenolic OH excluding ortho intramolecular Hbond substituents is 1. The molecule has 0 bridgehead atoms. The molecule has 2 aromatic rings. The van der Waals surface area contributed by atoms with E-state index in [0.717, 1.165) is 12.8 Å². The van der Waals surface area contributed by atoms with Gasteiger partial charge in [-0.25, -0.2) is 4.79 Å². The lowest BCUT2D eigenvalue weighted by Gasteiger charge is -2.39. The van der Waals surface area contributed by atoms with E-state index < -0.39 is 42.3 Å². The second kappa shape index (κ2) is 23.7. The van der Waals surface area contributed by atoms with Crippen molar-refractivity contribution < 1.29 is 43.8 Å². The van der Waals surface area contributed by atoms with Gasteiger partial charge in [-0.3, -0.25) is 4.79 Å². The number of benzene rings is 1. The van der Waals surface area contributed by atoms with E-state index in [-0.39, 0.29) is 30.1 Å². The number of phenols is 1. The summed E-state index contributed by atoms with van der Waals surface area (Å²) in [5, 5.41) is 42.0. The highest BCUT2D eigenvalue weighted by Gasteiger charge is 2.45. The maximum absolute atomic E-state index is 12.3.